The Labute approximate surface area is 184 Å². The summed E-state index contributed by atoms with van der Waals surface area (Å²) in [6.45, 7) is 4.67. The lowest BCUT2D eigenvalue weighted by atomic mass is 10.0. The lowest BCUT2D eigenvalue weighted by molar-refractivity contribution is -0.141. The molecule has 0 aliphatic heterocycles. The molecule has 1 atom stereocenters. The van der Waals surface area contributed by atoms with E-state index in [9.17, 15) is 9.59 Å². The number of amides is 1. The van der Waals surface area contributed by atoms with Gasteiger partial charge in [-0.15, -0.1) is 0 Å². The van der Waals surface area contributed by atoms with Crippen molar-refractivity contribution in [3.8, 4) is 11.5 Å². The van der Waals surface area contributed by atoms with Crippen LogP contribution in [0, 0.1) is 12.8 Å². The van der Waals surface area contributed by atoms with Crippen LogP contribution in [0.1, 0.15) is 47.7 Å². The van der Waals surface area contributed by atoms with Gasteiger partial charge < -0.3 is 19.5 Å². The molecule has 31 heavy (non-hydrogen) atoms. The first-order chi connectivity index (χ1) is 14.9. The molecule has 0 aliphatic rings. The molecular formula is C25H33NO5. The highest BCUT2D eigenvalue weighted by atomic mass is 16.5. The van der Waals surface area contributed by atoms with Crippen molar-refractivity contribution in [2.75, 3.05) is 27.3 Å². The number of nitrogens with zero attached hydrogens (tertiary/aromatic N) is 1. The molecule has 0 saturated carbocycles. The number of carboxylic acids is 1. The lowest BCUT2D eigenvalue weighted by Gasteiger charge is -2.24. The van der Waals surface area contributed by atoms with Crippen molar-refractivity contribution in [1.82, 2.24) is 4.90 Å². The summed E-state index contributed by atoms with van der Waals surface area (Å²) in [5.41, 5.74) is 2.57. The predicted octanol–water partition coefficient (Wildman–Crippen LogP) is 4.59. The Kier molecular flexibility index (Phi) is 9.38. The van der Waals surface area contributed by atoms with Crippen LogP contribution in [0.4, 0.5) is 0 Å². The Bertz CT molecular complexity index is 840. The van der Waals surface area contributed by atoms with Gasteiger partial charge in [-0.1, -0.05) is 37.3 Å². The maximum absolute atomic E-state index is 13.3. The van der Waals surface area contributed by atoms with Crippen molar-refractivity contribution in [2.45, 2.75) is 39.5 Å². The first kappa shape index (κ1) is 24.3. The number of aryl methyl sites for hydroxylation is 1. The standard InChI is InChI=1S/C25H33NO5/c1-18(25(28)29)10-8-14-26(15-9-13-20-11-6-5-7-12-20)24(27)21-16-22(30-3)19(2)23(17-21)31-4/h5-7,11-12,16-18H,8-10,13-15H2,1-4H3,(H,28,29)/t18-/m0/s1. The van der Waals surface area contributed by atoms with Crippen molar-refractivity contribution < 1.29 is 24.2 Å². The number of aliphatic carboxylic acids is 1. The molecule has 168 valence electrons. The third-order valence-electron chi connectivity index (χ3n) is 5.51. The average molecular weight is 428 g/mol. The van der Waals surface area contributed by atoms with Gasteiger partial charge in [0.25, 0.3) is 5.91 Å². The molecule has 1 amide bonds. The quantitative estimate of drug-likeness (QED) is 0.536. The molecule has 2 aromatic rings. The summed E-state index contributed by atoms with van der Waals surface area (Å²) < 4.78 is 10.8. The van der Waals surface area contributed by atoms with Gasteiger partial charge >= 0.3 is 5.97 Å². The number of hydrogen-bond donors (Lipinski definition) is 1. The molecule has 0 aliphatic carbocycles. The molecule has 0 heterocycles. The van der Waals surface area contributed by atoms with E-state index >= 15 is 0 Å². The number of rotatable bonds is 12. The number of carbonyl (C=O) groups excluding carboxylic acids is 1. The fraction of sp³-hybridized carbons (Fsp3) is 0.440. The molecule has 0 bridgehead atoms. The molecule has 6 nitrogen and oxygen atoms in total. The van der Waals surface area contributed by atoms with E-state index in [0.29, 0.717) is 43.0 Å². The number of hydrogen-bond acceptors (Lipinski definition) is 4. The molecule has 1 N–H and O–H groups in total. The minimum Gasteiger partial charge on any atom is -0.496 e. The van der Waals surface area contributed by atoms with Crippen LogP contribution in [0.2, 0.25) is 0 Å². The fourth-order valence-electron chi connectivity index (χ4n) is 3.54. The number of carbonyl (C=O) groups is 2. The van der Waals surface area contributed by atoms with Crippen molar-refractivity contribution in [3.05, 3.63) is 59.2 Å². The molecule has 2 rings (SSSR count). The van der Waals surface area contributed by atoms with Crippen molar-refractivity contribution in [3.63, 3.8) is 0 Å². The summed E-state index contributed by atoms with van der Waals surface area (Å²) in [4.78, 5) is 26.3. The van der Waals surface area contributed by atoms with Crippen molar-refractivity contribution in [2.24, 2.45) is 5.92 Å². The number of ether oxygens (including phenoxy) is 2. The lowest BCUT2D eigenvalue weighted by Crippen LogP contribution is -2.33. The SMILES string of the molecule is COc1cc(C(=O)N(CCCc2ccccc2)CCC[C@H](C)C(=O)O)cc(OC)c1C. The Balaban J connectivity index is 2.15. The highest BCUT2D eigenvalue weighted by molar-refractivity contribution is 5.95. The van der Waals surface area contributed by atoms with Crippen LogP contribution in [0.3, 0.4) is 0 Å². The molecule has 0 saturated heterocycles. The van der Waals surface area contributed by atoms with E-state index < -0.39 is 11.9 Å². The van der Waals surface area contributed by atoms with E-state index in [-0.39, 0.29) is 5.91 Å². The maximum Gasteiger partial charge on any atom is 0.306 e. The third-order valence-corrected chi connectivity index (χ3v) is 5.51. The van der Waals surface area contributed by atoms with E-state index in [2.05, 4.69) is 12.1 Å². The minimum atomic E-state index is -0.810. The third kappa shape index (κ3) is 7.02. The van der Waals surface area contributed by atoms with Gasteiger partial charge in [0.15, 0.2) is 0 Å². The van der Waals surface area contributed by atoms with E-state index in [0.717, 1.165) is 18.4 Å². The van der Waals surface area contributed by atoms with Gasteiger partial charge in [0, 0.05) is 24.2 Å². The molecular weight excluding hydrogens is 394 g/mol. The molecule has 0 radical (unpaired) electrons. The summed E-state index contributed by atoms with van der Waals surface area (Å²) in [7, 11) is 3.14. The van der Waals surface area contributed by atoms with Crippen molar-refractivity contribution >= 4 is 11.9 Å². The highest BCUT2D eigenvalue weighted by Gasteiger charge is 2.20. The van der Waals surface area contributed by atoms with Crippen LogP contribution in [0.25, 0.3) is 0 Å². The molecule has 0 fully saturated rings. The zero-order chi connectivity index (χ0) is 22.8. The smallest absolute Gasteiger partial charge is 0.306 e. The van der Waals surface area contributed by atoms with Gasteiger partial charge in [0.05, 0.1) is 20.1 Å². The number of carboxylic acid groups (broad SMARTS) is 1. The largest absolute Gasteiger partial charge is 0.496 e. The normalized spacial score (nSPS) is 11.6. The first-order valence-corrected chi connectivity index (χ1v) is 10.7. The number of methoxy groups -OCH3 is 2. The number of benzene rings is 2. The summed E-state index contributed by atoms with van der Waals surface area (Å²) in [5, 5.41) is 9.13. The molecule has 0 unspecified atom stereocenters. The fourth-order valence-corrected chi connectivity index (χ4v) is 3.54. The average Bonchev–Trinajstić information content (AvgIpc) is 2.78. The monoisotopic (exact) mass is 427 g/mol. The second-order valence-electron chi connectivity index (χ2n) is 7.77. The molecule has 0 spiro atoms. The van der Waals surface area contributed by atoms with E-state index in [1.54, 1.807) is 38.2 Å². The second-order valence-corrected chi connectivity index (χ2v) is 7.77. The Morgan fingerprint density at radius 1 is 1.00 bits per heavy atom. The van der Waals surface area contributed by atoms with Crippen molar-refractivity contribution in [1.29, 1.82) is 0 Å². The summed E-state index contributed by atoms with van der Waals surface area (Å²) in [5.74, 6) is -0.138. The maximum atomic E-state index is 13.3. The van der Waals surface area contributed by atoms with Gasteiger partial charge in [-0.25, -0.2) is 0 Å². The Hall–Kier alpha value is -3.02. The van der Waals surface area contributed by atoms with Crippen LogP contribution in [-0.4, -0.2) is 49.2 Å². The summed E-state index contributed by atoms with van der Waals surface area (Å²) in [6.07, 6.45) is 2.85. The highest BCUT2D eigenvalue weighted by Crippen LogP contribution is 2.30. The van der Waals surface area contributed by atoms with Gasteiger partial charge in [-0.3, -0.25) is 9.59 Å². The second kappa shape index (κ2) is 12.0. The van der Waals surface area contributed by atoms with Gasteiger partial charge in [-0.05, 0) is 50.3 Å². The van der Waals surface area contributed by atoms with Crippen LogP contribution in [0.5, 0.6) is 11.5 Å². The topological polar surface area (TPSA) is 76.1 Å². The van der Waals surface area contributed by atoms with E-state index in [1.807, 2.05) is 25.1 Å². The van der Waals surface area contributed by atoms with Crippen LogP contribution >= 0.6 is 0 Å². The minimum absolute atomic E-state index is 0.104. The zero-order valence-corrected chi connectivity index (χ0v) is 18.9. The van der Waals surface area contributed by atoms with Gasteiger partial charge in [0.1, 0.15) is 11.5 Å². The van der Waals surface area contributed by atoms with Gasteiger partial charge in [0.2, 0.25) is 0 Å². The summed E-state index contributed by atoms with van der Waals surface area (Å²) in [6, 6.07) is 13.6. The molecule has 0 aromatic heterocycles. The van der Waals surface area contributed by atoms with E-state index in [1.165, 1.54) is 5.56 Å². The van der Waals surface area contributed by atoms with Crippen LogP contribution in [-0.2, 0) is 11.2 Å². The van der Waals surface area contributed by atoms with Crippen LogP contribution < -0.4 is 9.47 Å². The van der Waals surface area contributed by atoms with E-state index in [4.69, 9.17) is 14.6 Å². The van der Waals surface area contributed by atoms with Crippen LogP contribution in [0.15, 0.2) is 42.5 Å². The molecule has 6 heteroatoms. The Morgan fingerprint density at radius 3 is 2.13 bits per heavy atom. The zero-order valence-electron chi connectivity index (χ0n) is 18.9. The Morgan fingerprint density at radius 2 is 1.58 bits per heavy atom. The predicted molar refractivity (Wildman–Crippen MR) is 121 cm³/mol. The first-order valence-electron chi connectivity index (χ1n) is 10.7. The molecule has 2 aromatic carbocycles. The summed E-state index contributed by atoms with van der Waals surface area (Å²) >= 11 is 0. The van der Waals surface area contributed by atoms with Gasteiger partial charge in [-0.2, -0.15) is 0 Å².